The van der Waals surface area contributed by atoms with Crippen molar-refractivity contribution in [1.82, 2.24) is 16.0 Å². The van der Waals surface area contributed by atoms with Gasteiger partial charge in [0.2, 0.25) is 22.2 Å². The van der Waals surface area contributed by atoms with Crippen molar-refractivity contribution in [3.8, 4) is 0 Å². The summed E-state index contributed by atoms with van der Waals surface area (Å²) in [6.45, 7) is 18.1. The van der Waals surface area contributed by atoms with Crippen molar-refractivity contribution in [2.24, 2.45) is 22.0 Å². The van der Waals surface area contributed by atoms with Crippen LogP contribution in [0.2, 0.25) is 0 Å². The minimum atomic E-state index is -4.51. The molecule has 0 saturated heterocycles. The van der Waals surface area contributed by atoms with Crippen LogP contribution in [0, 0.1) is 16.2 Å². The molecule has 2 amide bonds. The second-order valence-corrected chi connectivity index (χ2v) is 19.4. The van der Waals surface area contributed by atoms with Gasteiger partial charge in [0.15, 0.2) is 0 Å². The minimum absolute atomic E-state index is 0. The van der Waals surface area contributed by atoms with Crippen molar-refractivity contribution >= 4 is 52.4 Å². The number of benzene rings is 2. The Hall–Kier alpha value is -4.28. The largest absolute Gasteiger partial charge is 1.00 e. The summed E-state index contributed by atoms with van der Waals surface area (Å²) >= 11 is 0. The van der Waals surface area contributed by atoms with Crippen LogP contribution in [0.25, 0.3) is 0 Å². The zero-order valence-electron chi connectivity index (χ0n) is 40.5. The van der Waals surface area contributed by atoms with Crippen LogP contribution in [-0.2, 0) is 70.5 Å². The van der Waals surface area contributed by atoms with Gasteiger partial charge in [-0.05, 0) is 40.3 Å². The quantitative estimate of drug-likeness (QED) is 0.0365. The van der Waals surface area contributed by atoms with Gasteiger partial charge in [0.25, 0.3) is 0 Å². The van der Waals surface area contributed by atoms with E-state index in [0.29, 0.717) is 13.0 Å². The summed E-state index contributed by atoms with van der Waals surface area (Å²) in [6.07, 6.45) is 2.02. The number of rotatable bonds is 20. The number of ether oxygens (including phenoxy) is 2. The number of carboxylic acid groups (broad SMARTS) is 2. The Balaban J connectivity index is -0.000000164. The Bertz CT molecular complexity index is 1880. The molecular weight excluding hydrogens is 928 g/mol. The standard InChI is InChI=1S/C20H30N2O5.C14H18N2O5.C6H12O.C5H12O4S.3CH4.Na.H2/c1-20(2,3)10-11-21-15(13-17(23)24)18(25)22-16(19(26)27-4)12-14-8-6-5-7-9-14;1-21-14(20)11(7-9-5-3-2-4-6-9)16-13(19)10(15)8-12(17)18;1-6(2,3)4-5-7;1-5(2,3)4-9-10(6,7)8;;;;;/h5-9,15-16,21H,10-13H2,1-4H3,(H,22,25)(H,23,24);2-6,10-11H,7-8,15H2,1H3,(H,16,19)(H,17,18);5H,4H2,1-3H3;4H2,1-3H3,(H,6,7,8);3*1H4;;1H/q;;;;;;;+1;/p-1/t15-,16-;10-,11-;;;;;;;/m00......./s1. The average Bonchev–Trinajstić information content (AvgIpc) is 3.18. The first-order chi connectivity index (χ1) is 29.8. The molecule has 0 spiro atoms. The van der Waals surface area contributed by atoms with Gasteiger partial charge in [0, 0.05) is 20.7 Å². The van der Waals surface area contributed by atoms with Gasteiger partial charge >= 0.3 is 53.4 Å². The third kappa shape index (κ3) is 44.7. The van der Waals surface area contributed by atoms with Crippen molar-refractivity contribution in [2.45, 2.75) is 147 Å². The molecule has 0 unspecified atom stereocenters. The van der Waals surface area contributed by atoms with Crippen molar-refractivity contribution in [3.05, 3.63) is 71.8 Å². The van der Waals surface area contributed by atoms with Gasteiger partial charge in [-0.2, -0.15) is 0 Å². The number of methoxy groups -OCH3 is 2. The van der Waals surface area contributed by atoms with Crippen molar-refractivity contribution in [3.63, 3.8) is 0 Å². The first-order valence-electron chi connectivity index (χ1n) is 20.6. The molecule has 0 fully saturated rings. The average molecular weight is 1010 g/mol. The molecule has 394 valence electrons. The molecule has 0 aliphatic carbocycles. The zero-order chi connectivity index (χ0) is 50.6. The van der Waals surface area contributed by atoms with Crippen LogP contribution in [-0.4, -0.2) is 117 Å². The fourth-order valence-electron chi connectivity index (χ4n) is 4.76. The smallest absolute Gasteiger partial charge is 0.726 e. The predicted octanol–water partition coefficient (Wildman–Crippen LogP) is 2.73. The first-order valence-corrected chi connectivity index (χ1v) is 22.0. The Morgan fingerprint density at radius 3 is 1.35 bits per heavy atom. The molecule has 0 radical (unpaired) electrons. The topological polar surface area (TPSA) is 307 Å². The summed E-state index contributed by atoms with van der Waals surface area (Å²) in [4.78, 5) is 79.7. The van der Waals surface area contributed by atoms with E-state index in [1.54, 1.807) is 32.9 Å². The molecule has 2 rings (SSSR count). The van der Waals surface area contributed by atoms with Gasteiger partial charge in [-0.15, -0.1) is 0 Å². The molecule has 0 saturated carbocycles. The van der Waals surface area contributed by atoms with E-state index in [0.717, 1.165) is 23.8 Å². The molecule has 0 aliphatic heterocycles. The molecule has 0 aromatic heterocycles. The van der Waals surface area contributed by atoms with E-state index >= 15 is 0 Å². The third-order valence-corrected chi connectivity index (χ3v) is 8.60. The second-order valence-electron chi connectivity index (χ2n) is 18.3. The van der Waals surface area contributed by atoms with E-state index < -0.39 is 76.7 Å². The zero-order valence-corrected chi connectivity index (χ0v) is 43.3. The van der Waals surface area contributed by atoms with Crippen LogP contribution in [0.5, 0.6) is 0 Å². The van der Waals surface area contributed by atoms with E-state index in [1.807, 2.05) is 69.3 Å². The van der Waals surface area contributed by atoms with Gasteiger partial charge in [-0.1, -0.05) is 145 Å². The summed E-state index contributed by atoms with van der Waals surface area (Å²) in [5, 5.41) is 25.7. The van der Waals surface area contributed by atoms with Gasteiger partial charge in [0.05, 0.1) is 45.8 Å². The van der Waals surface area contributed by atoms with Crippen LogP contribution in [0.1, 0.15) is 123 Å². The molecule has 69 heavy (non-hydrogen) atoms. The fraction of sp³-hybridized carbons (Fsp3) is 0.604. The number of amides is 2. The number of hydrogen-bond acceptors (Lipinski definition) is 15. The van der Waals surface area contributed by atoms with Gasteiger partial charge in [-0.3, -0.25) is 23.4 Å². The Morgan fingerprint density at radius 2 is 1.07 bits per heavy atom. The van der Waals surface area contributed by atoms with E-state index in [9.17, 15) is 46.5 Å². The Labute approximate surface area is 435 Å². The number of aliphatic carboxylic acids is 2. The van der Waals surface area contributed by atoms with Gasteiger partial charge < -0.3 is 50.7 Å². The van der Waals surface area contributed by atoms with E-state index in [4.69, 9.17) is 20.7 Å². The molecule has 4 atom stereocenters. The van der Waals surface area contributed by atoms with E-state index in [1.165, 1.54) is 14.2 Å². The van der Waals surface area contributed by atoms with E-state index in [2.05, 4.69) is 45.6 Å². The molecule has 0 heterocycles. The molecule has 21 heteroatoms. The number of carboxylic acids is 2. The molecule has 7 N–H and O–H groups in total. The first kappa shape index (κ1) is 76.2. The molecule has 19 nitrogen and oxygen atoms in total. The normalized spacial score (nSPS) is 12.4. The number of hydrogen-bond donors (Lipinski definition) is 6. The molecular formula is C48H85N4NaO15S. The van der Waals surface area contributed by atoms with Crippen LogP contribution < -0.4 is 51.2 Å². The number of carbonyl (C=O) groups excluding carboxylic acids is 5. The number of esters is 2. The number of carbonyl (C=O) groups is 7. The molecule has 0 bridgehead atoms. The van der Waals surface area contributed by atoms with Crippen LogP contribution >= 0.6 is 0 Å². The van der Waals surface area contributed by atoms with Crippen molar-refractivity contribution in [2.75, 3.05) is 27.4 Å². The Kier molecular flexibility index (Phi) is 42.5. The predicted molar refractivity (Wildman–Crippen MR) is 264 cm³/mol. The minimum Gasteiger partial charge on any atom is -0.726 e. The molecule has 0 aliphatic rings. The number of aldehydes is 1. The molecule has 2 aromatic carbocycles. The summed E-state index contributed by atoms with van der Waals surface area (Å²) in [5.41, 5.74) is 7.10. The van der Waals surface area contributed by atoms with Crippen molar-refractivity contribution in [1.29, 1.82) is 0 Å². The van der Waals surface area contributed by atoms with Gasteiger partial charge in [0.1, 0.15) is 18.4 Å². The van der Waals surface area contributed by atoms with Crippen molar-refractivity contribution < 1.29 is 101 Å². The summed E-state index contributed by atoms with van der Waals surface area (Å²) in [6, 6.07) is 14.3. The summed E-state index contributed by atoms with van der Waals surface area (Å²) < 4.78 is 43.1. The molecule has 2 aromatic rings. The fourth-order valence-corrected chi connectivity index (χ4v) is 5.25. The Morgan fingerprint density at radius 1 is 0.681 bits per heavy atom. The number of nitrogens with two attached hydrogens (primary N) is 1. The van der Waals surface area contributed by atoms with Crippen LogP contribution in [0.15, 0.2) is 60.7 Å². The monoisotopic (exact) mass is 1010 g/mol. The number of nitrogens with one attached hydrogen (secondary N) is 3. The maximum atomic E-state index is 12.6. The third-order valence-electron chi connectivity index (χ3n) is 8.19. The maximum absolute atomic E-state index is 12.6. The van der Waals surface area contributed by atoms with Crippen LogP contribution in [0.3, 0.4) is 0 Å². The maximum Gasteiger partial charge on any atom is 1.00 e. The van der Waals surface area contributed by atoms with E-state index in [-0.39, 0.29) is 95.4 Å². The summed E-state index contributed by atoms with van der Waals surface area (Å²) in [7, 11) is -2.04. The van der Waals surface area contributed by atoms with Crippen LogP contribution in [0.4, 0.5) is 0 Å². The SMILES string of the molecule is C.C.C.CC(C)(C)CC=O.CC(C)(C)COS(=O)(=O)[O-].COC(=O)[C@H](Cc1ccccc1)NC(=O)[C@@H](N)CC(=O)O.COC(=O)[C@H](Cc1ccccc1)NC(=O)[C@H](CC(=O)O)NCCC(C)(C)C.[HH].[Na+]. The summed E-state index contributed by atoms with van der Waals surface area (Å²) in [5.74, 6) is -4.70. The van der Waals surface area contributed by atoms with Gasteiger partial charge in [-0.25, -0.2) is 18.0 Å². The second kappa shape index (κ2) is 38.5.